The summed E-state index contributed by atoms with van der Waals surface area (Å²) in [6, 6.07) is 6.55. The van der Waals surface area contributed by atoms with E-state index in [2.05, 4.69) is 25.1 Å². The fraction of sp³-hybridized carbons (Fsp3) is 0.571. The SMILES string of the molecule is COc1ccc2c(c1)CC[C@@H]1[C@@H]2CC[C@]2(C)C(=O)/C(=C(\C)Cl)C[C@@H]12. The molecule has 0 aromatic heterocycles. The molecule has 4 atom stereocenters. The van der Waals surface area contributed by atoms with E-state index in [1.165, 1.54) is 17.5 Å². The van der Waals surface area contributed by atoms with E-state index in [1.807, 2.05) is 6.92 Å². The molecule has 0 aliphatic heterocycles. The van der Waals surface area contributed by atoms with Crippen LogP contribution in [0.5, 0.6) is 5.75 Å². The van der Waals surface area contributed by atoms with Crippen LogP contribution in [0.2, 0.25) is 0 Å². The molecule has 0 unspecified atom stereocenters. The van der Waals surface area contributed by atoms with Crippen molar-refractivity contribution in [1.29, 1.82) is 0 Å². The number of carbonyl (C=O) groups excluding carboxylic acids is 1. The van der Waals surface area contributed by atoms with Crippen molar-refractivity contribution in [1.82, 2.24) is 0 Å². The van der Waals surface area contributed by atoms with Crippen LogP contribution in [-0.2, 0) is 11.2 Å². The first-order valence-electron chi connectivity index (χ1n) is 9.02. The lowest BCUT2D eigenvalue weighted by molar-refractivity contribution is -0.127. The van der Waals surface area contributed by atoms with Crippen molar-refractivity contribution in [2.75, 3.05) is 7.11 Å². The highest BCUT2D eigenvalue weighted by atomic mass is 35.5. The lowest BCUT2D eigenvalue weighted by Crippen LogP contribution is -2.42. The van der Waals surface area contributed by atoms with Crippen molar-refractivity contribution in [3.05, 3.63) is 39.9 Å². The predicted octanol–water partition coefficient (Wildman–Crippen LogP) is 5.24. The van der Waals surface area contributed by atoms with Gasteiger partial charge in [-0.2, -0.15) is 0 Å². The van der Waals surface area contributed by atoms with Crippen molar-refractivity contribution < 1.29 is 9.53 Å². The Morgan fingerprint density at radius 3 is 2.83 bits per heavy atom. The first kappa shape index (κ1) is 16.2. The number of allylic oxidation sites excluding steroid dienone is 2. The number of Topliss-reactive ketones (excluding diaryl/α,β-unsaturated/α-hetero) is 1. The number of hydrogen-bond donors (Lipinski definition) is 0. The van der Waals surface area contributed by atoms with Crippen LogP contribution in [0.25, 0.3) is 0 Å². The van der Waals surface area contributed by atoms with Crippen LogP contribution in [-0.4, -0.2) is 12.9 Å². The Bertz CT molecular complexity index is 731. The Kier molecular flexibility index (Phi) is 3.80. The largest absolute Gasteiger partial charge is 0.497 e. The molecule has 2 saturated carbocycles. The maximum absolute atomic E-state index is 12.9. The number of ketones is 1. The zero-order valence-electron chi connectivity index (χ0n) is 14.7. The standard InChI is InChI=1S/C21H25ClO2/c1-12(22)18-11-19-17-6-4-13-10-14(24-3)5-7-15(13)16(17)8-9-21(19,2)20(18)23/h5,7,10,16-17,19H,4,6,8-9,11H2,1-3H3/b18-12+/t16-,17-,19+,21+/m1/s1. The lowest BCUT2D eigenvalue weighted by atomic mass is 9.55. The molecule has 0 amide bonds. The van der Waals surface area contributed by atoms with Gasteiger partial charge in [-0.1, -0.05) is 24.6 Å². The highest BCUT2D eigenvalue weighted by Crippen LogP contribution is 2.61. The molecule has 2 fully saturated rings. The van der Waals surface area contributed by atoms with E-state index in [9.17, 15) is 4.79 Å². The molecule has 3 aliphatic rings. The van der Waals surface area contributed by atoms with Gasteiger partial charge in [-0.25, -0.2) is 0 Å². The molecule has 3 aliphatic carbocycles. The van der Waals surface area contributed by atoms with Crippen molar-refractivity contribution in [2.24, 2.45) is 17.3 Å². The minimum atomic E-state index is -0.198. The number of halogens is 1. The maximum atomic E-state index is 12.9. The second-order valence-electron chi connectivity index (χ2n) is 7.98. The number of aryl methyl sites for hydroxylation is 1. The Morgan fingerprint density at radius 1 is 1.33 bits per heavy atom. The Labute approximate surface area is 149 Å². The minimum Gasteiger partial charge on any atom is -0.497 e. The molecule has 128 valence electrons. The van der Waals surface area contributed by atoms with Crippen molar-refractivity contribution in [3.63, 3.8) is 0 Å². The first-order valence-corrected chi connectivity index (χ1v) is 9.40. The third-order valence-corrected chi connectivity index (χ3v) is 7.18. The van der Waals surface area contributed by atoms with Gasteiger partial charge in [-0.15, -0.1) is 0 Å². The zero-order valence-corrected chi connectivity index (χ0v) is 15.5. The molecule has 1 aromatic rings. The molecule has 0 N–H and O–H groups in total. The molecule has 4 rings (SSSR count). The third-order valence-electron chi connectivity index (χ3n) is 6.96. The molecule has 2 nitrogen and oxygen atoms in total. The van der Waals surface area contributed by atoms with Gasteiger partial charge in [0.1, 0.15) is 5.75 Å². The second-order valence-corrected chi connectivity index (χ2v) is 8.55. The molecule has 24 heavy (non-hydrogen) atoms. The normalized spacial score (nSPS) is 36.7. The Hall–Kier alpha value is -1.28. The number of benzene rings is 1. The molecule has 1 aromatic carbocycles. The van der Waals surface area contributed by atoms with E-state index in [-0.39, 0.29) is 5.41 Å². The van der Waals surface area contributed by atoms with Crippen LogP contribution in [0.3, 0.4) is 0 Å². The van der Waals surface area contributed by atoms with Gasteiger partial charge in [0.05, 0.1) is 7.11 Å². The summed E-state index contributed by atoms with van der Waals surface area (Å²) in [7, 11) is 1.73. The van der Waals surface area contributed by atoms with Crippen LogP contribution in [0, 0.1) is 17.3 Å². The minimum absolute atomic E-state index is 0.198. The summed E-state index contributed by atoms with van der Waals surface area (Å²) in [5.74, 6) is 2.90. The van der Waals surface area contributed by atoms with Crippen molar-refractivity contribution in [2.45, 2.75) is 51.9 Å². The van der Waals surface area contributed by atoms with E-state index in [0.717, 1.165) is 37.0 Å². The van der Waals surface area contributed by atoms with Gasteiger partial charge >= 0.3 is 0 Å². The monoisotopic (exact) mass is 344 g/mol. The molecule has 0 heterocycles. The molecule has 3 heteroatoms. The number of hydrogen-bond acceptors (Lipinski definition) is 2. The quantitative estimate of drug-likeness (QED) is 0.651. The van der Waals surface area contributed by atoms with Crippen LogP contribution in [0.15, 0.2) is 28.8 Å². The fourth-order valence-electron chi connectivity index (χ4n) is 5.62. The molecule has 0 spiro atoms. The van der Waals surface area contributed by atoms with Gasteiger partial charge < -0.3 is 4.74 Å². The predicted molar refractivity (Wildman–Crippen MR) is 96.6 cm³/mol. The van der Waals surface area contributed by atoms with Gasteiger partial charge in [0.15, 0.2) is 5.78 Å². The summed E-state index contributed by atoms with van der Waals surface area (Å²) in [5.41, 5.74) is 3.62. The Balaban J connectivity index is 1.72. The Morgan fingerprint density at radius 2 is 2.12 bits per heavy atom. The maximum Gasteiger partial charge on any atom is 0.166 e. The number of methoxy groups -OCH3 is 1. The first-order chi connectivity index (χ1) is 11.5. The van der Waals surface area contributed by atoms with Gasteiger partial charge in [-0.3, -0.25) is 4.79 Å². The average molecular weight is 345 g/mol. The highest BCUT2D eigenvalue weighted by Gasteiger charge is 2.56. The summed E-state index contributed by atoms with van der Waals surface area (Å²) in [6.45, 7) is 4.06. The van der Waals surface area contributed by atoms with Crippen LogP contribution < -0.4 is 4.74 Å². The summed E-state index contributed by atoms with van der Waals surface area (Å²) >= 11 is 6.24. The van der Waals surface area contributed by atoms with Gasteiger partial charge in [0.25, 0.3) is 0 Å². The molecule has 0 bridgehead atoms. The van der Waals surface area contributed by atoms with E-state index >= 15 is 0 Å². The zero-order chi connectivity index (χ0) is 17.1. The van der Waals surface area contributed by atoms with E-state index in [0.29, 0.717) is 28.6 Å². The van der Waals surface area contributed by atoms with Gasteiger partial charge in [0.2, 0.25) is 0 Å². The smallest absolute Gasteiger partial charge is 0.166 e. The topological polar surface area (TPSA) is 26.3 Å². The van der Waals surface area contributed by atoms with E-state index in [4.69, 9.17) is 16.3 Å². The second kappa shape index (κ2) is 5.62. The lowest BCUT2D eigenvalue weighted by Gasteiger charge is -2.48. The summed E-state index contributed by atoms with van der Waals surface area (Å²) in [4.78, 5) is 12.9. The number of carbonyl (C=O) groups is 1. The van der Waals surface area contributed by atoms with Crippen LogP contribution in [0.1, 0.15) is 56.6 Å². The molecular weight excluding hydrogens is 320 g/mol. The highest BCUT2D eigenvalue weighted by molar-refractivity contribution is 6.32. The fourth-order valence-corrected chi connectivity index (χ4v) is 5.78. The molecular formula is C21H25ClO2. The number of ether oxygens (including phenoxy) is 1. The van der Waals surface area contributed by atoms with Gasteiger partial charge in [0, 0.05) is 16.0 Å². The van der Waals surface area contributed by atoms with Crippen LogP contribution >= 0.6 is 11.6 Å². The van der Waals surface area contributed by atoms with Crippen molar-refractivity contribution in [3.8, 4) is 5.75 Å². The summed E-state index contributed by atoms with van der Waals surface area (Å²) < 4.78 is 5.39. The van der Waals surface area contributed by atoms with Crippen molar-refractivity contribution >= 4 is 17.4 Å². The number of rotatable bonds is 1. The van der Waals surface area contributed by atoms with Crippen LogP contribution in [0.4, 0.5) is 0 Å². The molecule has 0 saturated heterocycles. The average Bonchev–Trinajstić information content (AvgIpc) is 2.86. The van der Waals surface area contributed by atoms with E-state index < -0.39 is 0 Å². The summed E-state index contributed by atoms with van der Waals surface area (Å²) in [6.07, 6.45) is 5.23. The van der Waals surface area contributed by atoms with Gasteiger partial charge in [-0.05, 0) is 80.0 Å². The summed E-state index contributed by atoms with van der Waals surface area (Å²) in [5, 5.41) is 0.702. The number of fused-ring (bicyclic) bond motifs is 5. The molecule has 0 radical (unpaired) electrons. The van der Waals surface area contributed by atoms with E-state index in [1.54, 1.807) is 7.11 Å². The third kappa shape index (κ3) is 2.19.